The molecule has 1 N–H and O–H groups in total. The first-order valence-corrected chi connectivity index (χ1v) is 5.15. The van der Waals surface area contributed by atoms with Crippen molar-refractivity contribution < 1.29 is 9.90 Å². The summed E-state index contributed by atoms with van der Waals surface area (Å²) in [6, 6.07) is 0. The van der Waals surface area contributed by atoms with Gasteiger partial charge in [-0.25, -0.2) is 9.78 Å². The lowest BCUT2D eigenvalue weighted by atomic mass is 10.1. The minimum absolute atomic E-state index is 0.181. The van der Waals surface area contributed by atoms with E-state index >= 15 is 0 Å². The lowest BCUT2D eigenvalue weighted by Gasteiger charge is -2.15. The molecule has 1 aliphatic heterocycles. The highest BCUT2D eigenvalue weighted by Gasteiger charge is 2.22. The molecule has 0 radical (unpaired) electrons. The van der Waals surface area contributed by atoms with Crippen LogP contribution in [0.25, 0.3) is 0 Å². The fourth-order valence-corrected chi connectivity index (χ4v) is 2.09. The number of fused-ring (bicyclic) bond motifs is 1. The monoisotopic (exact) mass is 214 g/mol. The van der Waals surface area contributed by atoms with E-state index in [0.717, 1.165) is 31.5 Å². The van der Waals surface area contributed by atoms with Gasteiger partial charge in [0, 0.05) is 6.54 Å². The van der Waals surface area contributed by atoms with Gasteiger partial charge in [-0.3, -0.25) is 0 Å². The van der Waals surface area contributed by atoms with Crippen LogP contribution in [0.15, 0.2) is 0 Å². The van der Waals surface area contributed by atoms with Gasteiger partial charge in [0.1, 0.15) is 5.82 Å². The molecule has 0 unspecified atom stereocenters. The van der Waals surface area contributed by atoms with Gasteiger partial charge in [0.05, 0.1) is 11.6 Å². The summed E-state index contributed by atoms with van der Waals surface area (Å²) in [6.45, 7) is 0.845. The van der Waals surface area contributed by atoms with Crippen LogP contribution in [0.2, 0.25) is 0 Å². The second-order valence-corrected chi connectivity index (χ2v) is 3.64. The predicted molar refractivity (Wildman–Crippen MR) is 51.7 cm³/mol. The van der Waals surface area contributed by atoms with Crippen molar-refractivity contribution in [2.24, 2.45) is 0 Å². The van der Waals surface area contributed by atoms with Gasteiger partial charge in [0.25, 0.3) is 0 Å². The first-order valence-electron chi connectivity index (χ1n) is 4.61. The molecule has 0 fully saturated rings. The van der Waals surface area contributed by atoms with Crippen LogP contribution in [0.5, 0.6) is 0 Å². The Morgan fingerprint density at radius 2 is 2.36 bits per heavy atom. The van der Waals surface area contributed by atoms with Gasteiger partial charge >= 0.3 is 5.97 Å². The number of carbonyl (C=O) groups is 1. The van der Waals surface area contributed by atoms with Crippen LogP contribution in [-0.4, -0.2) is 20.6 Å². The Labute approximate surface area is 86.5 Å². The highest BCUT2D eigenvalue weighted by atomic mass is 35.5. The smallest absolute Gasteiger partial charge is 0.356 e. The quantitative estimate of drug-likeness (QED) is 0.762. The Hall–Kier alpha value is -1.03. The van der Waals surface area contributed by atoms with Crippen LogP contribution in [-0.2, 0) is 18.8 Å². The standard InChI is InChI=1S/C9H11ClN2O2/c10-5-7-11-8(9(13)14)6-3-1-2-4-12(6)7/h1-5H2,(H,13,14). The van der Waals surface area contributed by atoms with Gasteiger partial charge in [0.2, 0.25) is 0 Å². The van der Waals surface area contributed by atoms with Gasteiger partial charge in [0.15, 0.2) is 5.69 Å². The third-order valence-electron chi connectivity index (χ3n) is 2.52. The molecule has 76 valence electrons. The minimum atomic E-state index is -0.952. The molecule has 0 saturated carbocycles. The van der Waals surface area contributed by atoms with Gasteiger partial charge in [-0.1, -0.05) is 0 Å². The molecule has 1 aromatic heterocycles. The lowest BCUT2D eigenvalue weighted by molar-refractivity contribution is 0.0689. The number of aromatic nitrogens is 2. The zero-order chi connectivity index (χ0) is 10.1. The molecule has 2 heterocycles. The molecule has 14 heavy (non-hydrogen) atoms. The molecule has 1 aliphatic rings. The maximum Gasteiger partial charge on any atom is 0.356 e. The topological polar surface area (TPSA) is 55.1 Å². The summed E-state index contributed by atoms with van der Waals surface area (Å²) in [5.74, 6) is 0.00563. The third-order valence-corrected chi connectivity index (χ3v) is 2.76. The van der Waals surface area contributed by atoms with E-state index in [2.05, 4.69) is 4.98 Å². The third kappa shape index (κ3) is 1.39. The van der Waals surface area contributed by atoms with E-state index in [0.29, 0.717) is 5.82 Å². The highest BCUT2D eigenvalue weighted by molar-refractivity contribution is 6.16. The van der Waals surface area contributed by atoms with Crippen molar-refractivity contribution in [2.75, 3.05) is 0 Å². The number of rotatable bonds is 2. The minimum Gasteiger partial charge on any atom is -0.476 e. The van der Waals surface area contributed by atoms with Gasteiger partial charge in [-0.05, 0) is 19.3 Å². The van der Waals surface area contributed by atoms with Crippen LogP contribution in [0.3, 0.4) is 0 Å². The van der Waals surface area contributed by atoms with Crippen LogP contribution in [0.4, 0.5) is 0 Å². The SMILES string of the molecule is O=C(O)c1nc(CCl)n2c1CCCC2. The second-order valence-electron chi connectivity index (χ2n) is 3.37. The van der Waals surface area contributed by atoms with Crippen LogP contribution in [0.1, 0.15) is 34.8 Å². The average Bonchev–Trinajstić information content (AvgIpc) is 2.56. The summed E-state index contributed by atoms with van der Waals surface area (Å²) >= 11 is 5.71. The van der Waals surface area contributed by atoms with Crippen molar-refractivity contribution in [3.05, 3.63) is 17.2 Å². The van der Waals surface area contributed by atoms with Crippen molar-refractivity contribution in [3.63, 3.8) is 0 Å². The lowest BCUT2D eigenvalue weighted by Crippen LogP contribution is -2.14. The van der Waals surface area contributed by atoms with Gasteiger partial charge in [-0.15, -0.1) is 11.6 Å². The van der Waals surface area contributed by atoms with Crippen LogP contribution < -0.4 is 0 Å². The van der Waals surface area contributed by atoms with E-state index in [-0.39, 0.29) is 11.6 Å². The molecule has 0 aromatic carbocycles. The number of aromatic carboxylic acids is 1. The maximum absolute atomic E-state index is 10.9. The largest absolute Gasteiger partial charge is 0.476 e. The Kier molecular flexibility index (Phi) is 2.46. The number of alkyl halides is 1. The van der Waals surface area contributed by atoms with Crippen molar-refractivity contribution in [3.8, 4) is 0 Å². The summed E-state index contributed by atoms with van der Waals surface area (Å²) in [4.78, 5) is 14.9. The number of nitrogens with zero attached hydrogens (tertiary/aromatic N) is 2. The Morgan fingerprint density at radius 3 is 3.00 bits per heavy atom. The van der Waals surface area contributed by atoms with E-state index in [1.807, 2.05) is 4.57 Å². The predicted octanol–water partition coefficient (Wildman–Crippen LogP) is 1.66. The van der Waals surface area contributed by atoms with Crippen molar-refractivity contribution in [2.45, 2.75) is 31.7 Å². The second kappa shape index (κ2) is 3.61. The highest BCUT2D eigenvalue weighted by Crippen LogP contribution is 2.21. The zero-order valence-corrected chi connectivity index (χ0v) is 8.42. The zero-order valence-electron chi connectivity index (χ0n) is 7.66. The van der Waals surface area contributed by atoms with Crippen molar-refractivity contribution >= 4 is 17.6 Å². The van der Waals surface area contributed by atoms with E-state index in [4.69, 9.17) is 16.7 Å². The van der Waals surface area contributed by atoms with E-state index in [9.17, 15) is 4.79 Å². The maximum atomic E-state index is 10.9. The molecule has 1 aromatic rings. The van der Waals surface area contributed by atoms with Crippen molar-refractivity contribution in [1.29, 1.82) is 0 Å². The molecule has 0 atom stereocenters. The molecule has 0 bridgehead atoms. The van der Waals surface area contributed by atoms with E-state index < -0.39 is 5.97 Å². The molecule has 5 heteroatoms. The van der Waals surface area contributed by atoms with E-state index in [1.54, 1.807) is 0 Å². The summed E-state index contributed by atoms with van der Waals surface area (Å²) in [5.41, 5.74) is 1.01. The fourth-order valence-electron chi connectivity index (χ4n) is 1.89. The number of hydrogen-bond donors (Lipinski definition) is 1. The molecular formula is C9H11ClN2O2. The van der Waals surface area contributed by atoms with Crippen LogP contribution >= 0.6 is 11.6 Å². The average molecular weight is 215 g/mol. The van der Waals surface area contributed by atoms with Gasteiger partial charge < -0.3 is 9.67 Å². The first-order chi connectivity index (χ1) is 6.74. The van der Waals surface area contributed by atoms with Gasteiger partial charge in [-0.2, -0.15) is 0 Å². The molecule has 0 saturated heterocycles. The molecule has 0 aliphatic carbocycles. The normalized spacial score (nSPS) is 15.2. The fraction of sp³-hybridized carbons (Fsp3) is 0.556. The number of hydrogen-bond acceptors (Lipinski definition) is 2. The summed E-state index contributed by atoms with van der Waals surface area (Å²) < 4.78 is 1.94. The summed E-state index contributed by atoms with van der Waals surface area (Å²) in [5, 5.41) is 8.93. The molecule has 0 amide bonds. The summed E-state index contributed by atoms with van der Waals surface area (Å²) in [7, 11) is 0. The Bertz CT molecular complexity index is 373. The molecule has 0 spiro atoms. The number of carboxylic acids is 1. The Balaban J connectivity index is 2.52. The van der Waals surface area contributed by atoms with Crippen LogP contribution in [0, 0.1) is 0 Å². The first kappa shape index (κ1) is 9.52. The molecule has 2 rings (SSSR count). The summed E-state index contributed by atoms with van der Waals surface area (Å²) in [6.07, 6.45) is 2.91. The molecule has 4 nitrogen and oxygen atoms in total. The van der Waals surface area contributed by atoms with E-state index in [1.165, 1.54) is 0 Å². The number of imidazole rings is 1. The molecular weight excluding hydrogens is 204 g/mol. The Morgan fingerprint density at radius 1 is 1.57 bits per heavy atom. The number of halogens is 1. The number of carboxylic acid groups (broad SMARTS) is 1. The van der Waals surface area contributed by atoms with Crippen molar-refractivity contribution in [1.82, 2.24) is 9.55 Å².